The van der Waals surface area contributed by atoms with Crippen LogP contribution in [0.15, 0.2) is 12.1 Å². The Hall–Kier alpha value is -1.60. The summed E-state index contributed by atoms with van der Waals surface area (Å²) in [7, 11) is 1.65. The molecule has 0 atom stereocenters. The molecule has 1 saturated heterocycles. The monoisotopic (exact) mass is 355 g/mol. The Balaban J connectivity index is 1.63. The first-order valence-corrected chi connectivity index (χ1v) is 8.73. The molecule has 23 heavy (non-hydrogen) atoms. The van der Waals surface area contributed by atoms with E-state index < -0.39 is 11.6 Å². The van der Waals surface area contributed by atoms with E-state index >= 15 is 0 Å². The summed E-state index contributed by atoms with van der Waals surface area (Å²) in [5.74, 6) is -0.533. The Labute approximate surface area is 143 Å². The molecule has 1 aliphatic heterocycles. The van der Waals surface area contributed by atoms with Gasteiger partial charge in [0.2, 0.25) is 5.91 Å². The minimum atomic E-state index is -0.767. The van der Waals surface area contributed by atoms with E-state index in [1.165, 1.54) is 16.2 Å². The predicted molar refractivity (Wildman–Crippen MR) is 87.2 cm³/mol. The van der Waals surface area contributed by atoms with Gasteiger partial charge in [-0.05, 0) is 25.0 Å². The van der Waals surface area contributed by atoms with Crippen LogP contribution in [0.25, 0.3) is 0 Å². The first kappa shape index (κ1) is 16.3. The summed E-state index contributed by atoms with van der Waals surface area (Å²) in [5.41, 5.74) is -0.767. The van der Waals surface area contributed by atoms with Gasteiger partial charge in [0.25, 0.3) is 5.91 Å². The van der Waals surface area contributed by atoms with Crippen LogP contribution in [-0.2, 0) is 16.1 Å². The van der Waals surface area contributed by atoms with Crippen molar-refractivity contribution >= 4 is 40.8 Å². The second-order valence-corrected chi connectivity index (χ2v) is 7.87. The van der Waals surface area contributed by atoms with Gasteiger partial charge < -0.3 is 10.2 Å². The van der Waals surface area contributed by atoms with Gasteiger partial charge in [-0.25, -0.2) is 4.79 Å². The van der Waals surface area contributed by atoms with Gasteiger partial charge in [-0.2, -0.15) is 0 Å². The van der Waals surface area contributed by atoms with E-state index in [1.807, 2.05) is 6.07 Å². The second kappa shape index (κ2) is 6.13. The zero-order chi connectivity index (χ0) is 16.6. The van der Waals surface area contributed by atoms with Gasteiger partial charge in [0, 0.05) is 11.9 Å². The Bertz CT molecular complexity index is 654. The smallest absolute Gasteiger partial charge is 0.325 e. The Kier molecular flexibility index (Phi) is 4.33. The number of amides is 4. The number of rotatable bonds is 4. The maximum Gasteiger partial charge on any atom is 0.325 e. The number of imide groups is 1. The number of hydrogen-bond acceptors (Lipinski definition) is 4. The zero-order valence-corrected chi connectivity index (χ0v) is 14.4. The summed E-state index contributed by atoms with van der Waals surface area (Å²) in [4.78, 5) is 40.4. The van der Waals surface area contributed by atoms with Crippen LogP contribution in [-0.4, -0.2) is 46.8 Å². The highest BCUT2D eigenvalue weighted by atomic mass is 35.5. The fourth-order valence-electron chi connectivity index (χ4n) is 3.15. The summed E-state index contributed by atoms with van der Waals surface area (Å²) in [5, 5.41) is 2.78. The van der Waals surface area contributed by atoms with Crippen LogP contribution in [0.2, 0.25) is 4.34 Å². The third kappa shape index (κ3) is 3.07. The molecule has 0 aromatic carbocycles. The zero-order valence-electron chi connectivity index (χ0n) is 12.8. The highest BCUT2D eigenvalue weighted by Crippen LogP contribution is 2.35. The fraction of sp³-hybridized carbons (Fsp3) is 0.533. The van der Waals surface area contributed by atoms with Crippen LogP contribution in [0.3, 0.4) is 0 Å². The molecule has 124 valence electrons. The van der Waals surface area contributed by atoms with Crippen molar-refractivity contribution in [2.75, 3.05) is 13.6 Å². The molecule has 1 aromatic rings. The van der Waals surface area contributed by atoms with E-state index in [1.54, 1.807) is 13.1 Å². The molecule has 8 heteroatoms. The number of carbonyl (C=O) groups is 3. The van der Waals surface area contributed by atoms with Gasteiger partial charge in [-0.1, -0.05) is 24.4 Å². The normalized spacial score (nSPS) is 19.5. The maximum atomic E-state index is 12.5. The summed E-state index contributed by atoms with van der Waals surface area (Å²) in [6.45, 7) is 0.188. The minimum Gasteiger partial charge on any atom is -0.339 e. The number of carbonyl (C=O) groups excluding carboxylic acids is 3. The molecule has 1 spiro atoms. The van der Waals surface area contributed by atoms with Gasteiger partial charge >= 0.3 is 6.03 Å². The molecule has 1 aliphatic carbocycles. The fourth-order valence-corrected chi connectivity index (χ4v) is 4.29. The molecular formula is C15H18ClN3O3S. The van der Waals surface area contributed by atoms with E-state index in [4.69, 9.17) is 11.6 Å². The molecule has 4 amide bonds. The van der Waals surface area contributed by atoms with Crippen LogP contribution in [0.1, 0.15) is 30.6 Å². The number of nitrogens with one attached hydrogen (secondary N) is 1. The number of likely N-dealkylation sites (N-methyl/N-ethyl adjacent to an activating group) is 1. The summed E-state index contributed by atoms with van der Waals surface area (Å²) in [6, 6.07) is 3.18. The van der Waals surface area contributed by atoms with Crippen LogP contribution >= 0.6 is 22.9 Å². The number of thiophene rings is 1. The average Bonchev–Trinajstić information content (AvgIpc) is 3.18. The molecule has 2 heterocycles. The van der Waals surface area contributed by atoms with Gasteiger partial charge in [0.15, 0.2) is 0 Å². The molecule has 6 nitrogen and oxygen atoms in total. The quantitative estimate of drug-likeness (QED) is 0.842. The molecule has 0 bridgehead atoms. The minimum absolute atomic E-state index is 0.220. The molecule has 0 unspecified atom stereocenters. The van der Waals surface area contributed by atoms with Crippen LogP contribution in [0.4, 0.5) is 4.79 Å². The highest BCUT2D eigenvalue weighted by molar-refractivity contribution is 7.16. The van der Waals surface area contributed by atoms with Gasteiger partial charge in [0.05, 0.1) is 10.9 Å². The Morgan fingerprint density at radius 2 is 2.09 bits per heavy atom. The standard InChI is InChI=1S/C15H18ClN3O3S/c1-18(8-10-4-5-11(16)23-10)12(20)9-19-13(21)15(17-14(19)22)6-2-3-7-15/h4-5H,2-3,6-9H2,1H3,(H,17,22). The van der Waals surface area contributed by atoms with E-state index in [0.717, 1.165) is 22.6 Å². The molecule has 1 aromatic heterocycles. The summed E-state index contributed by atoms with van der Waals surface area (Å²) >= 11 is 7.28. The van der Waals surface area contributed by atoms with Crippen molar-refractivity contribution in [1.82, 2.24) is 15.1 Å². The Morgan fingerprint density at radius 3 is 2.70 bits per heavy atom. The number of hydrogen-bond donors (Lipinski definition) is 1. The Morgan fingerprint density at radius 1 is 1.39 bits per heavy atom. The lowest BCUT2D eigenvalue weighted by atomic mass is 9.98. The van der Waals surface area contributed by atoms with E-state index in [-0.39, 0.29) is 18.4 Å². The number of urea groups is 1. The van der Waals surface area contributed by atoms with Crippen LogP contribution in [0, 0.1) is 0 Å². The largest absolute Gasteiger partial charge is 0.339 e. The topological polar surface area (TPSA) is 69.7 Å². The van der Waals surface area contributed by atoms with Crippen molar-refractivity contribution in [3.63, 3.8) is 0 Å². The van der Waals surface area contributed by atoms with Crippen molar-refractivity contribution in [3.05, 3.63) is 21.3 Å². The predicted octanol–water partition coefficient (Wildman–Crippen LogP) is 2.22. The lowest BCUT2D eigenvalue weighted by Crippen LogP contribution is -2.45. The summed E-state index contributed by atoms with van der Waals surface area (Å²) < 4.78 is 0.665. The molecule has 0 radical (unpaired) electrons. The third-order valence-corrected chi connectivity index (χ3v) is 5.66. The van der Waals surface area contributed by atoms with E-state index in [2.05, 4.69) is 5.32 Å². The van der Waals surface area contributed by atoms with Gasteiger partial charge in [-0.3, -0.25) is 14.5 Å². The van der Waals surface area contributed by atoms with Crippen LogP contribution < -0.4 is 5.32 Å². The van der Waals surface area contributed by atoms with Crippen molar-refractivity contribution in [2.45, 2.75) is 37.8 Å². The first-order chi connectivity index (χ1) is 10.9. The maximum absolute atomic E-state index is 12.5. The van der Waals surface area contributed by atoms with Crippen molar-refractivity contribution in [3.8, 4) is 0 Å². The van der Waals surface area contributed by atoms with Crippen molar-refractivity contribution in [2.24, 2.45) is 0 Å². The highest BCUT2D eigenvalue weighted by Gasteiger charge is 2.52. The molecule has 3 rings (SSSR count). The molecule has 1 saturated carbocycles. The molecular weight excluding hydrogens is 338 g/mol. The second-order valence-electron chi connectivity index (χ2n) is 6.07. The number of nitrogens with zero attached hydrogens (tertiary/aromatic N) is 2. The van der Waals surface area contributed by atoms with E-state index in [9.17, 15) is 14.4 Å². The third-order valence-electron chi connectivity index (χ3n) is 4.44. The first-order valence-electron chi connectivity index (χ1n) is 7.53. The molecule has 1 N–H and O–H groups in total. The van der Waals surface area contributed by atoms with E-state index in [0.29, 0.717) is 23.7 Å². The van der Waals surface area contributed by atoms with Gasteiger partial charge in [0.1, 0.15) is 12.1 Å². The summed E-state index contributed by atoms with van der Waals surface area (Å²) in [6.07, 6.45) is 3.16. The lowest BCUT2D eigenvalue weighted by Gasteiger charge is -2.21. The lowest BCUT2D eigenvalue weighted by molar-refractivity contribution is -0.138. The molecule has 2 fully saturated rings. The van der Waals surface area contributed by atoms with Crippen molar-refractivity contribution < 1.29 is 14.4 Å². The number of halogens is 1. The van der Waals surface area contributed by atoms with Crippen LogP contribution in [0.5, 0.6) is 0 Å². The van der Waals surface area contributed by atoms with Crippen molar-refractivity contribution in [1.29, 1.82) is 0 Å². The molecule has 2 aliphatic rings. The SMILES string of the molecule is CN(Cc1ccc(Cl)s1)C(=O)CN1C(=O)NC2(CCCC2)C1=O. The average molecular weight is 356 g/mol. The van der Waals surface area contributed by atoms with Gasteiger partial charge in [-0.15, -0.1) is 11.3 Å².